The highest BCUT2D eigenvalue weighted by Gasteiger charge is 2.10. The summed E-state index contributed by atoms with van der Waals surface area (Å²) in [6.07, 6.45) is 7.01. The maximum absolute atomic E-state index is 6.10. The normalized spacial score (nSPS) is 12.4. The SMILES string of the molecule is COc1cc(C(N)CCc2cnn(C)c2)ncn1. The molecule has 0 aromatic carbocycles. The molecule has 0 saturated carbocycles. The Bertz CT molecular complexity index is 511. The molecule has 1 atom stereocenters. The van der Waals surface area contributed by atoms with Gasteiger partial charge in [-0.2, -0.15) is 5.10 Å². The van der Waals surface area contributed by atoms with Crippen molar-refractivity contribution in [1.29, 1.82) is 0 Å². The number of nitrogens with two attached hydrogens (primary N) is 1. The lowest BCUT2D eigenvalue weighted by Crippen LogP contribution is -2.13. The Hall–Kier alpha value is -1.95. The number of aromatic nitrogens is 4. The molecule has 2 heterocycles. The smallest absolute Gasteiger partial charge is 0.216 e. The average Bonchev–Trinajstić information content (AvgIpc) is 2.82. The van der Waals surface area contributed by atoms with Gasteiger partial charge in [-0.15, -0.1) is 0 Å². The van der Waals surface area contributed by atoms with Crippen molar-refractivity contribution in [1.82, 2.24) is 19.7 Å². The number of methoxy groups -OCH3 is 1. The van der Waals surface area contributed by atoms with Crippen molar-refractivity contribution in [2.24, 2.45) is 12.8 Å². The number of nitrogens with zero attached hydrogens (tertiary/aromatic N) is 4. The van der Waals surface area contributed by atoms with Crippen LogP contribution in [0.5, 0.6) is 5.88 Å². The second-order valence-electron chi connectivity index (χ2n) is 4.15. The maximum atomic E-state index is 6.10. The predicted octanol–water partition coefficient (Wildman–Crippen LogP) is 0.851. The molecule has 0 saturated heterocycles. The van der Waals surface area contributed by atoms with E-state index in [9.17, 15) is 0 Å². The fourth-order valence-corrected chi connectivity index (χ4v) is 1.74. The van der Waals surface area contributed by atoms with E-state index in [0.29, 0.717) is 5.88 Å². The summed E-state index contributed by atoms with van der Waals surface area (Å²) in [6, 6.07) is 1.65. The molecule has 0 amide bonds. The molecule has 0 bridgehead atoms. The first-order valence-electron chi connectivity index (χ1n) is 5.78. The van der Waals surface area contributed by atoms with Gasteiger partial charge in [0.05, 0.1) is 19.0 Å². The van der Waals surface area contributed by atoms with E-state index < -0.39 is 0 Å². The molecule has 2 N–H and O–H groups in total. The van der Waals surface area contributed by atoms with Gasteiger partial charge in [0.2, 0.25) is 5.88 Å². The minimum absolute atomic E-state index is 0.123. The number of hydrogen-bond acceptors (Lipinski definition) is 5. The van der Waals surface area contributed by atoms with E-state index in [0.717, 1.165) is 18.5 Å². The van der Waals surface area contributed by atoms with Crippen molar-refractivity contribution in [3.63, 3.8) is 0 Å². The van der Waals surface area contributed by atoms with Gasteiger partial charge in [-0.3, -0.25) is 4.68 Å². The van der Waals surface area contributed by atoms with Crippen molar-refractivity contribution in [2.75, 3.05) is 7.11 Å². The minimum atomic E-state index is -0.123. The Labute approximate surface area is 106 Å². The molecule has 0 aliphatic carbocycles. The summed E-state index contributed by atoms with van der Waals surface area (Å²) in [7, 11) is 3.48. The third-order valence-electron chi connectivity index (χ3n) is 2.75. The Kier molecular flexibility index (Phi) is 3.88. The van der Waals surface area contributed by atoms with Gasteiger partial charge in [-0.05, 0) is 18.4 Å². The van der Waals surface area contributed by atoms with Crippen LogP contribution in [0.3, 0.4) is 0 Å². The van der Waals surface area contributed by atoms with Gasteiger partial charge >= 0.3 is 0 Å². The summed E-state index contributed by atoms with van der Waals surface area (Å²) in [4.78, 5) is 8.13. The van der Waals surface area contributed by atoms with Crippen molar-refractivity contribution in [3.05, 3.63) is 36.0 Å². The van der Waals surface area contributed by atoms with E-state index >= 15 is 0 Å². The first kappa shape index (κ1) is 12.5. The van der Waals surface area contributed by atoms with Crippen molar-refractivity contribution in [3.8, 4) is 5.88 Å². The van der Waals surface area contributed by atoms with Crippen molar-refractivity contribution in [2.45, 2.75) is 18.9 Å². The third-order valence-corrected chi connectivity index (χ3v) is 2.75. The molecule has 96 valence electrons. The standard InChI is InChI=1S/C12H17N5O/c1-17-7-9(6-16-17)3-4-10(13)11-5-12(18-2)15-8-14-11/h5-8,10H,3-4,13H2,1-2H3. The number of aryl methyl sites for hydroxylation is 2. The van der Waals surface area contributed by atoms with Crippen LogP contribution in [-0.4, -0.2) is 26.9 Å². The van der Waals surface area contributed by atoms with Gasteiger partial charge in [-0.1, -0.05) is 0 Å². The maximum Gasteiger partial charge on any atom is 0.216 e. The Morgan fingerprint density at radius 2 is 2.28 bits per heavy atom. The Morgan fingerprint density at radius 1 is 1.44 bits per heavy atom. The van der Waals surface area contributed by atoms with Gasteiger partial charge in [0.15, 0.2) is 0 Å². The van der Waals surface area contributed by atoms with Crippen LogP contribution >= 0.6 is 0 Å². The molecule has 0 fully saturated rings. The lowest BCUT2D eigenvalue weighted by atomic mass is 10.1. The third kappa shape index (κ3) is 3.04. The van der Waals surface area contributed by atoms with Crippen LogP contribution in [0.25, 0.3) is 0 Å². The number of ether oxygens (including phenoxy) is 1. The van der Waals surface area contributed by atoms with Crippen LogP contribution in [0.1, 0.15) is 23.7 Å². The van der Waals surface area contributed by atoms with Crippen LogP contribution in [0.15, 0.2) is 24.8 Å². The fraction of sp³-hybridized carbons (Fsp3) is 0.417. The first-order valence-corrected chi connectivity index (χ1v) is 5.78. The molecule has 2 rings (SSSR count). The van der Waals surface area contributed by atoms with E-state index in [1.54, 1.807) is 17.9 Å². The van der Waals surface area contributed by atoms with Crippen LogP contribution in [0.4, 0.5) is 0 Å². The van der Waals surface area contributed by atoms with Crippen molar-refractivity contribution >= 4 is 0 Å². The molecule has 1 unspecified atom stereocenters. The molecular formula is C12H17N5O. The second-order valence-corrected chi connectivity index (χ2v) is 4.15. The summed E-state index contributed by atoms with van der Waals surface area (Å²) >= 11 is 0. The molecular weight excluding hydrogens is 230 g/mol. The van der Waals surface area contributed by atoms with Gasteiger partial charge in [0.1, 0.15) is 6.33 Å². The quantitative estimate of drug-likeness (QED) is 0.847. The molecule has 2 aromatic heterocycles. The molecule has 0 spiro atoms. The van der Waals surface area contributed by atoms with E-state index in [1.807, 2.05) is 19.4 Å². The Morgan fingerprint density at radius 3 is 2.94 bits per heavy atom. The highest BCUT2D eigenvalue weighted by atomic mass is 16.5. The topological polar surface area (TPSA) is 78.9 Å². The summed E-state index contributed by atoms with van der Waals surface area (Å²) in [5.41, 5.74) is 8.07. The highest BCUT2D eigenvalue weighted by molar-refractivity contribution is 5.16. The zero-order valence-corrected chi connectivity index (χ0v) is 10.6. The largest absolute Gasteiger partial charge is 0.481 e. The molecule has 6 nitrogen and oxygen atoms in total. The van der Waals surface area contributed by atoms with E-state index in [4.69, 9.17) is 10.5 Å². The van der Waals surface area contributed by atoms with Gasteiger partial charge in [0, 0.05) is 25.4 Å². The molecule has 18 heavy (non-hydrogen) atoms. The lowest BCUT2D eigenvalue weighted by Gasteiger charge is -2.10. The second kappa shape index (κ2) is 5.59. The minimum Gasteiger partial charge on any atom is -0.481 e. The highest BCUT2D eigenvalue weighted by Crippen LogP contribution is 2.17. The summed E-state index contributed by atoms with van der Waals surface area (Å²) in [5.74, 6) is 0.539. The van der Waals surface area contributed by atoms with Crippen LogP contribution < -0.4 is 10.5 Å². The van der Waals surface area contributed by atoms with E-state index in [-0.39, 0.29) is 6.04 Å². The van der Waals surface area contributed by atoms with E-state index in [1.165, 1.54) is 11.9 Å². The number of rotatable bonds is 5. The number of hydrogen-bond donors (Lipinski definition) is 1. The summed E-state index contributed by atoms with van der Waals surface area (Å²) < 4.78 is 6.84. The molecule has 0 aliphatic heterocycles. The first-order chi connectivity index (χ1) is 8.69. The summed E-state index contributed by atoms with van der Waals surface area (Å²) in [6.45, 7) is 0. The van der Waals surface area contributed by atoms with Crippen molar-refractivity contribution < 1.29 is 4.74 Å². The molecule has 0 radical (unpaired) electrons. The fourth-order valence-electron chi connectivity index (χ4n) is 1.74. The van der Waals surface area contributed by atoms with Crippen LogP contribution in [-0.2, 0) is 13.5 Å². The zero-order chi connectivity index (χ0) is 13.0. The van der Waals surface area contributed by atoms with Gasteiger partial charge in [-0.25, -0.2) is 9.97 Å². The molecule has 2 aromatic rings. The van der Waals surface area contributed by atoms with Crippen LogP contribution in [0, 0.1) is 0 Å². The van der Waals surface area contributed by atoms with Gasteiger partial charge in [0.25, 0.3) is 0 Å². The van der Waals surface area contributed by atoms with E-state index in [2.05, 4.69) is 15.1 Å². The van der Waals surface area contributed by atoms with Gasteiger partial charge < -0.3 is 10.5 Å². The Balaban J connectivity index is 1.96. The monoisotopic (exact) mass is 247 g/mol. The average molecular weight is 247 g/mol. The predicted molar refractivity (Wildman–Crippen MR) is 67.0 cm³/mol. The summed E-state index contributed by atoms with van der Waals surface area (Å²) in [5, 5.41) is 4.12. The lowest BCUT2D eigenvalue weighted by molar-refractivity contribution is 0.395. The molecule has 0 aliphatic rings. The zero-order valence-electron chi connectivity index (χ0n) is 10.6. The van der Waals surface area contributed by atoms with Crippen LogP contribution in [0.2, 0.25) is 0 Å². The molecule has 6 heteroatoms.